The highest BCUT2D eigenvalue weighted by molar-refractivity contribution is 6.17. The molecule has 0 nitrogen and oxygen atoms in total. The average molecular weight is 261 g/mol. The van der Waals surface area contributed by atoms with Crippen LogP contribution >= 0.6 is 11.6 Å². The topological polar surface area (TPSA) is 0 Å². The Labute approximate surface area is 116 Å². The van der Waals surface area contributed by atoms with E-state index in [1.807, 2.05) is 12.1 Å². The Kier molecular flexibility index (Phi) is 7.99. The summed E-state index contributed by atoms with van der Waals surface area (Å²) in [5.41, 5.74) is 2.55. The molecule has 0 aromatic heterocycles. The molecule has 0 bridgehead atoms. The van der Waals surface area contributed by atoms with Crippen LogP contribution in [0.1, 0.15) is 26.2 Å². The standard InChI is InChI=1S/C12H10.C5H11Cl/c1-3-7-11(8-4-1)12-9-5-2-6-10-12;1-2-3-4-5-6/h1-10H;2-5H2,1H3. The minimum atomic E-state index is 0.827. The van der Waals surface area contributed by atoms with E-state index in [-0.39, 0.29) is 0 Å². The second-order valence-corrected chi connectivity index (χ2v) is 4.51. The van der Waals surface area contributed by atoms with Crippen molar-refractivity contribution in [3.8, 4) is 11.1 Å². The Morgan fingerprint density at radius 1 is 0.722 bits per heavy atom. The van der Waals surface area contributed by atoms with Gasteiger partial charge in [0.2, 0.25) is 0 Å². The average Bonchev–Trinajstić information content (AvgIpc) is 2.48. The van der Waals surface area contributed by atoms with Crippen LogP contribution in [0.25, 0.3) is 11.1 Å². The Morgan fingerprint density at radius 3 is 1.44 bits per heavy atom. The molecule has 2 rings (SSSR count). The lowest BCUT2D eigenvalue weighted by molar-refractivity contribution is 0.776. The molecule has 96 valence electrons. The number of halogens is 1. The monoisotopic (exact) mass is 260 g/mol. The number of unbranched alkanes of at least 4 members (excludes halogenated alkanes) is 2. The van der Waals surface area contributed by atoms with Crippen molar-refractivity contribution in [2.75, 3.05) is 5.88 Å². The first-order valence-corrected chi connectivity index (χ1v) is 7.08. The highest BCUT2D eigenvalue weighted by Crippen LogP contribution is 2.17. The van der Waals surface area contributed by atoms with Crippen molar-refractivity contribution in [2.45, 2.75) is 26.2 Å². The van der Waals surface area contributed by atoms with E-state index in [1.54, 1.807) is 0 Å². The predicted molar refractivity (Wildman–Crippen MR) is 82.1 cm³/mol. The predicted octanol–water partition coefficient (Wildman–Crippen LogP) is 5.77. The van der Waals surface area contributed by atoms with Gasteiger partial charge in [0.25, 0.3) is 0 Å². The number of alkyl halides is 1. The lowest BCUT2D eigenvalue weighted by Crippen LogP contribution is -1.73. The normalized spacial score (nSPS) is 9.44. The fourth-order valence-electron chi connectivity index (χ4n) is 1.61. The molecule has 0 aliphatic heterocycles. The molecule has 0 radical (unpaired) electrons. The maximum absolute atomic E-state index is 5.38. The second-order valence-electron chi connectivity index (χ2n) is 4.13. The van der Waals surface area contributed by atoms with Crippen molar-refractivity contribution < 1.29 is 0 Å². The quantitative estimate of drug-likeness (QED) is 0.484. The zero-order valence-corrected chi connectivity index (χ0v) is 11.7. The van der Waals surface area contributed by atoms with Crippen molar-refractivity contribution in [3.63, 3.8) is 0 Å². The van der Waals surface area contributed by atoms with Gasteiger partial charge in [-0.15, -0.1) is 11.6 Å². The van der Waals surface area contributed by atoms with E-state index in [1.165, 1.54) is 30.4 Å². The van der Waals surface area contributed by atoms with E-state index in [4.69, 9.17) is 11.6 Å². The smallest absolute Gasteiger partial charge is 0.0223 e. The molecule has 0 amide bonds. The van der Waals surface area contributed by atoms with Crippen molar-refractivity contribution in [1.29, 1.82) is 0 Å². The van der Waals surface area contributed by atoms with Gasteiger partial charge in [-0.3, -0.25) is 0 Å². The summed E-state index contributed by atoms with van der Waals surface area (Å²) in [6, 6.07) is 20.8. The van der Waals surface area contributed by atoms with Gasteiger partial charge in [-0.25, -0.2) is 0 Å². The highest BCUT2D eigenvalue weighted by Gasteiger charge is 1.91. The molecule has 0 unspecified atom stereocenters. The zero-order chi connectivity index (χ0) is 13.1. The third-order valence-electron chi connectivity index (χ3n) is 2.62. The van der Waals surface area contributed by atoms with E-state index in [0.717, 1.165) is 5.88 Å². The summed E-state index contributed by atoms with van der Waals surface area (Å²) < 4.78 is 0. The fourth-order valence-corrected chi connectivity index (χ4v) is 1.79. The van der Waals surface area contributed by atoms with Crippen molar-refractivity contribution in [3.05, 3.63) is 60.7 Å². The van der Waals surface area contributed by atoms with Crippen LogP contribution in [0.3, 0.4) is 0 Å². The Morgan fingerprint density at radius 2 is 1.17 bits per heavy atom. The largest absolute Gasteiger partial charge is 0.127 e. The molecule has 2 aromatic rings. The van der Waals surface area contributed by atoms with Crippen LogP contribution in [0.4, 0.5) is 0 Å². The summed E-state index contributed by atoms with van der Waals surface area (Å²) in [5, 5.41) is 0. The number of rotatable bonds is 4. The summed E-state index contributed by atoms with van der Waals surface area (Å²) in [5.74, 6) is 0.827. The van der Waals surface area contributed by atoms with Crippen molar-refractivity contribution in [1.82, 2.24) is 0 Å². The van der Waals surface area contributed by atoms with Gasteiger partial charge in [0.1, 0.15) is 0 Å². The summed E-state index contributed by atoms with van der Waals surface area (Å²) in [4.78, 5) is 0. The van der Waals surface area contributed by atoms with Crippen LogP contribution in [-0.4, -0.2) is 5.88 Å². The van der Waals surface area contributed by atoms with E-state index in [9.17, 15) is 0 Å². The van der Waals surface area contributed by atoms with Crippen LogP contribution in [0.5, 0.6) is 0 Å². The number of hydrogen-bond donors (Lipinski definition) is 0. The first-order valence-electron chi connectivity index (χ1n) is 6.55. The van der Waals surface area contributed by atoms with Gasteiger partial charge in [-0.2, -0.15) is 0 Å². The van der Waals surface area contributed by atoms with Crippen LogP contribution in [0.2, 0.25) is 0 Å². The lowest BCUT2D eigenvalue weighted by Gasteiger charge is -1.98. The minimum Gasteiger partial charge on any atom is -0.127 e. The molecular weight excluding hydrogens is 240 g/mol. The van der Waals surface area contributed by atoms with Crippen LogP contribution < -0.4 is 0 Å². The lowest BCUT2D eigenvalue weighted by atomic mass is 10.1. The van der Waals surface area contributed by atoms with Crippen molar-refractivity contribution >= 4 is 11.6 Å². The van der Waals surface area contributed by atoms with Gasteiger partial charge in [0.15, 0.2) is 0 Å². The zero-order valence-electron chi connectivity index (χ0n) is 11.0. The Hall–Kier alpha value is -1.27. The third-order valence-corrected chi connectivity index (χ3v) is 2.89. The van der Waals surface area contributed by atoms with E-state index in [0.29, 0.717) is 0 Å². The number of hydrogen-bond acceptors (Lipinski definition) is 0. The molecule has 0 N–H and O–H groups in total. The molecule has 2 aromatic carbocycles. The Bertz CT molecular complexity index is 353. The van der Waals surface area contributed by atoms with Crippen LogP contribution in [0, 0.1) is 0 Å². The summed E-state index contributed by atoms with van der Waals surface area (Å²) >= 11 is 5.38. The highest BCUT2D eigenvalue weighted by atomic mass is 35.5. The number of benzene rings is 2. The van der Waals surface area contributed by atoms with E-state index >= 15 is 0 Å². The SMILES string of the molecule is CCCCCCl.c1ccc(-c2ccccc2)cc1. The molecule has 0 saturated heterocycles. The van der Waals surface area contributed by atoms with Crippen LogP contribution in [0.15, 0.2) is 60.7 Å². The van der Waals surface area contributed by atoms with Gasteiger partial charge in [0, 0.05) is 5.88 Å². The summed E-state index contributed by atoms with van der Waals surface area (Å²) in [6.07, 6.45) is 3.73. The molecule has 0 fully saturated rings. The maximum atomic E-state index is 5.38. The maximum Gasteiger partial charge on any atom is 0.0223 e. The van der Waals surface area contributed by atoms with E-state index < -0.39 is 0 Å². The molecule has 0 heterocycles. The fraction of sp³-hybridized carbons (Fsp3) is 0.294. The summed E-state index contributed by atoms with van der Waals surface area (Å²) in [6.45, 7) is 2.17. The minimum absolute atomic E-state index is 0.827. The van der Waals surface area contributed by atoms with Crippen molar-refractivity contribution in [2.24, 2.45) is 0 Å². The van der Waals surface area contributed by atoms with E-state index in [2.05, 4.69) is 55.5 Å². The van der Waals surface area contributed by atoms with Gasteiger partial charge in [-0.05, 0) is 17.5 Å². The van der Waals surface area contributed by atoms with Gasteiger partial charge in [0.05, 0.1) is 0 Å². The van der Waals surface area contributed by atoms with Crippen LogP contribution in [-0.2, 0) is 0 Å². The molecule has 18 heavy (non-hydrogen) atoms. The Balaban J connectivity index is 0.000000232. The first-order chi connectivity index (χ1) is 8.88. The molecule has 0 atom stereocenters. The molecular formula is C17H21Cl. The van der Waals surface area contributed by atoms with Gasteiger partial charge in [-0.1, -0.05) is 80.4 Å². The van der Waals surface area contributed by atoms with Gasteiger partial charge >= 0.3 is 0 Å². The third kappa shape index (κ3) is 5.88. The summed E-state index contributed by atoms with van der Waals surface area (Å²) in [7, 11) is 0. The second kappa shape index (κ2) is 9.73. The molecule has 0 saturated carbocycles. The van der Waals surface area contributed by atoms with Gasteiger partial charge < -0.3 is 0 Å². The molecule has 1 heteroatoms. The first kappa shape index (κ1) is 14.8. The molecule has 0 aliphatic rings. The molecule has 0 spiro atoms. The molecule has 0 aliphatic carbocycles.